The molecule has 0 aliphatic carbocycles. The zero-order valence-electron chi connectivity index (χ0n) is 19.1. The molecule has 0 bridgehead atoms. The van der Waals surface area contributed by atoms with Crippen LogP contribution >= 0.6 is 11.8 Å². The van der Waals surface area contributed by atoms with Crippen LogP contribution in [0.25, 0.3) is 11.4 Å². The molecule has 1 amide bonds. The zero-order valence-corrected chi connectivity index (χ0v) is 19.9. The summed E-state index contributed by atoms with van der Waals surface area (Å²) in [5.74, 6) is 2.20. The summed E-state index contributed by atoms with van der Waals surface area (Å²) in [4.78, 5) is 12.6. The van der Waals surface area contributed by atoms with E-state index < -0.39 is 0 Å². The van der Waals surface area contributed by atoms with E-state index in [1.165, 1.54) is 17.3 Å². The van der Waals surface area contributed by atoms with Gasteiger partial charge in [0.05, 0.1) is 25.5 Å². The van der Waals surface area contributed by atoms with Crippen LogP contribution in [0.3, 0.4) is 0 Å². The molecular weight excluding hydrogens is 448 g/mol. The average Bonchev–Trinajstić information content (AvgIpc) is 3.29. The van der Waals surface area contributed by atoms with E-state index in [1.807, 2.05) is 65.2 Å². The minimum atomic E-state index is -0.130. The van der Waals surface area contributed by atoms with Gasteiger partial charge < -0.3 is 19.4 Å². The van der Waals surface area contributed by atoms with Gasteiger partial charge in [0.2, 0.25) is 5.91 Å². The fraction of sp³-hybridized carbons (Fsp3) is 0.192. The molecule has 3 aromatic carbocycles. The molecule has 174 valence electrons. The van der Waals surface area contributed by atoms with Crippen LogP contribution in [0, 0.1) is 0 Å². The van der Waals surface area contributed by atoms with Crippen molar-refractivity contribution >= 4 is 23.4 Å². The number of rotatable bonds is 10. The van der Waals surface area contributed by atoms with Gasteiger partial charge in [0.25, 0.3) is 0 Å². The number of benzene rings is 3. The summed E-state index contributed by atoms with van der Waals surface area (Å²) in [5.41, 5.74) is 2.76. The Morgan fingerprint density at radius 3 is 2.53 bits per heavy atom. The quantitative estimate of drug-likeness (QED) is 0.328. The molecule has 4 aromatic rings. The van der Waals surface area contributed by atoms with Gasteiger partial charge >= 0.3 is 0 Å². The highest BCUT2D eigenvalue weighted by Crippen LogP contribution is 2.31. The number of methoxy groups -OCH3 is 2. The Morgan fingerprint density at radius 2 is 1.74 bits per heavy atom. The normalized spacial score (nSPS) is 10.6. The number of ether oxygens (including phenoxy) is 2. The third-order valence-electron chi connectivity index (χ3n) is 5.22. The molecule has 0 spiro atoms. The summed E-state index contributed by atoms with van der Waals surface area (Å²) < 4.78 is 12.8. The summed E-state index contributed by atoms with van der Waals surface area (Å²) in [6, 6.07) is 25.3. The number of para-hydroxylation sites is 1. The third kappa shape index (κ3) is 5.77. The molecule has 4 rings (SSSR count). The van der Waals surface area contributed by atoms with E-state index >= 15 is 0 Å². The Kier molecular flexibility index (Phi) is 7.83. The van der Waals surface area contributed by atoms with Crippen LogP contribution in [0.4, 0.5) is 5.69 Å². The first kappa shape index (κ1) is 23.4. The fourth-order valence-electron chi connectivity index (χ4n) is 3.54. The van der Waals surface area contributed by atoms with Gasteiger partial charge in [-0.3, -0.25) is 4.79 Å². The number of carbonyl (C=O) groups excluding carboxylic acids is 1. The number of hydrogen-bond acceptors (Lipinski definition) is 6. The summed E-state index contributed by atoms with van der Waals surface area (Å²) >= 11 is 1.35. The molecule has 0 aliphatic heterocycles. The number of aryl methyl sites for hydroxylation is 1. The molecule has 0 saturated heterocycles. The first-order valence-corrected chi connectivity index (χ1v) is 11.8. The van der Waals surface area contributed by atoms with E-state index in [9.17, 15) is 4.79 Å². The number of amides is 1. The highest BCUT2D eigenvalue weighted by atomic mass is 32.2. The van der Waals surface area contributed by atoms with Crippen LogP contribution in [0.15, 0.2) is 84.0 Å². The van der Waals surface area contributed by atoms with Crippen molar-refractivity contribution < 1.29 is 14.3 Å². The van der Waals surface area contributed by atoms with Crippen molar-refractivity contribution in [1.82, 2.24) is 14.8 Å². The number of thioether (sulfide) groups is 1. The second-order valence-electron chi connectivity index (χ2n) is 7.46. The predicted molar refractivity (Wildman–Crippen MR) is 135 cm³/mol. The summed E-state index contributed by atoms with van der Waals surface area (Å²) in [7, 11) is 3.24. The number of aromatic nitrogens is 3. The Balaban J connectivity index is 1.53. The van der Waals surface area contributed by atoms with Crippen LogP contribution < -0.4 is 14.8 Å². The topological polar surface area (TPSA) is 78.3 Å². The van der Waals surface area contributed by atoms with Gasteiger partial charge in [-0.1, -0.05) is 60.3 Å². The number of anilines is 1. The summed E-state index contributed by atoms with van der Waals surface area (Å²) in [5, 5.41) is 12.4. The van der Waals surface area contributed by atoms with Crippen molar-refractivity contribution in [2.24, 2.45) is 0 Å². The molecule has 34 heavy (non-hydrogen) atoms. The fourth-order valence-corrected chi connectivity index (χ4v) is 4.30. The van der Waals surface area contributed by atoms with E-state index in [0.717, 1.165) is 17.7 Å². The van der Waals surface area contributed by atoms with Crippen LogP contribution in [0.1, 0.15) is 5.56 Å². The van der Waals surface area contributed by atoms with Gasteiger partial charge in [-0.05, 0) is 36.2 Å². The molecule has 7 nitrogen and oxygen atoms in total. The van der Waals surface area contributed by atoms with Crippen molar-refractivity contribution in [3.05, 3.63) is 84.4 Å². The molecule has 1 N–H and O–H groups in total. The molecule has 8 heteroatoms. The van der Waals surface area contributed by atoms with E-state index in [-0.39, 0.29) is 11.7 Å². The van der Waals surface area contributed by atoms with Crippen molar-refractivity contribution in [3.63, 3.8) is 0 Å². The molecule has 0 unspecified atom stereocenters. The van der Waals surface area contributed by atoms with Crippen LogP contribution in [-0.4, -0.2) is 40.6 Å². The van der Waals surface area contributed by atoms with Gasteiger partial charge in [0.15, 0.2) is 11.0 Å². The molecule has 0 radical (unpaired) electrons. The van der Waals surface area contributed by atoms with Crippen molar-refractivity contribution in [3.8, 4) is 22.9 Å². The van der Waals surface area contributed by atoms with Crippen LogP contribution in [0.2, 0.25) is 0 Å². The van der Waals surface area contributed by atoms with Crippen LogP contribution in [0.5, 0.6) is 11.5 Å². The van der Waals surface area contributed by atoms with Gasteiger partial charge in [0.1, 0.15) is 11.5 Å². The zero-order chi connectivity index (χ0) is 23.8. The summed E-state index contributed by atoms with van der Waals surface area (Å²) in [6.45, 7) is 0.671. The predicted octanol–water partition coefficient (Wildman–Crippen LogP) is 4.94. The maximum absolute atomic E-state index is 12.6. The summed E-state index contributed by atoms with van der Waals surface area (Å²) in [6.07, 6.45) is 0.810. The van der Waals surface area contributed by atoms with E-state index in [4.69, 9.17) is 9.47 Å². The van der Waals surface area contributed by atoms with Gasteiger partial charge in [-0.15, -0.1) is 10.2 Å². The first-order valence-electron chi connectivity index (χ1n) is 10.8. The standard InChI is InChI=1S/C26H26N4O3S/c1-32-21-12-8-11-20(17-21)27-24(31)18-34-26-29-28-25(22-13-6-7-14-23(22)33-2)30(26)16-15-19-9-4-3-5-10-19/h3-14,17H,15-16,18H2,1-2H3,(H,27,31). The van der Waals surface area contributed by atoms with E-state index in [2.05, 4.69) is 27.6 Å². The molecule has 0 atom stereocenters. The van der Waals surface area contributed by atoms with Crippen molar-refractivity contribution in [2.75, 3.05) is 25.3 Å². The number of hydrogen-bond donors (Lipinski definition) is 1. The van der Waals surface area contributed by atoms with Crippen molar-refractivity contribution in [2.45, 2.75) is 18.1 Å². The third-order valence-corrected chi connectivity index (χ3v) is 6.18. The maximum Gasteiger partial charge on any atom is 0.234 e. The first-order chi connectivity index (χ1) is 16.7. The molecule has 1 heterocycles. The second kappa shape index (κ2) is 11.4. The lowest BCUT2D eigenvalue weighted by atomic mass is 10.1. The molecule has 0 saturated carbocycles. The van der Waals surface area contributed by atoms with E-state index in [1.54, 1.807) is 20.3 Å². The van der Waals surface area contributed by atoms with Crippen LogP contribution in [-0.2, 0) is 17.8 Å². The number of carbonyl (C=O) groups is 1. The van der Waals surface area contributed by atoms with E-state index in [0.29, 0.717) is 29.0 Å². The number of nitrogens with zero attached hydrogens (tertiary/aromatic N) is 3. The molecule has 0 aliphatic rings. The van der Waals surface area contributed by atoms with Gasteiger partial charge in [-0.2, -0.15) is 0 Å². The highest BCUT2D eigenvalue weighted by molar-refractivity contribution is 7.99. The maximum atomic E-state index is 12.6. The number of nitrogens with one attached hydrogen (secondary N) is 1. The lowest BCUT2D eigenvalue weighted by Gasteiger charge is -2.12. The molecule has 0 fully saturated rings. The van der Waals surface area contributed by atoms with Crippen molar-refractivity contribution in [1.29, 1.82) is 0 Å². The Hall–Kier alpha value is -3.78. The SMILES string of the molecule is COc1cccc(NC(=O)CSc2nnc(-c3ccccc3OC)n2CCc2ccccc2)c1. The molecular formula is C26H26N4O3S. The van der Waals surface area contributed by atoms with Gasteiger partial charge in [-0.25, -0.2) is 0 Å². The van der Waals surface area contributed by atoms with Gasteiger partial charge in [0, 0.05) is 18.3 Å². The Bertz CT molecular complexity index is 1240. The smallest absolute Gasteiger partial charge is 0.234 e. The average molecular weight is 475 g/mol. The minimum Gasteiger partial charge on any atom is -0.497 e. The minimum absolute atomic E-state index is 0.130. The molecule has 1 aromatic heterocycles. The lowest BCUT2D eigenvalue weighted by Crippen LogP contribution is -2.15. The monoisotopic (exact) mass is 474 g/mol. The lowest BCUT2D eigenvalue weighted by molar-refractivity contribution is -0.113. The Morgan fingerprint density at radius 1 is 0.941 bits per heavy atom. The Labute approximate surface area is 203 Å². The second-order valence-corrected chi connectivity index (χ2v) is 8.41. The largest absolute Gasteiger partial charge is 0.497 e. The highest BCUT2D eigenvalue weighted by Gasteiger charge is 2.18.